The van der Waals surface area contributed by atoms with E-state index >= 15 is 0 Å². The van der Waals surface area contributed by atoms with Crippen molar-refractivity contribution in [2.45, 2.75) is 67.9 Å². The minimum Gasteiger partial charge on any atom is -0.400 e. The number of aromatic nitrogens is 2. The summed E-state index contributed by atoms with van der Waals surface area (Å²) in [6.45, 7) is -6.99. The lowest BCUT2D eigenvalue weighted by Gasteiger charge is -2.37. The summed E-state index contributed by atoms with van der Waals surface area (Å²) < 4.78 is 245. The Morgan fingerprint density at radius 2 is 0.957 bits per heavy atom. The van der Waals surface area contributed by atoms with E-state index in [0.29, 0.717) is 11.0 Å². The molecule has 0 spiro atoms. The quantitative estimate of drug-likeness (QED) is 0.107. The number of nitrogens with zero attached hydrogens (tertiary/aromatic N) is 8. The summed E-state index contributed by atoms with van der Waals surface area (Å²) >= 11 is -4.75. The standard InChI is InChI=1S/C32H26F12N8O12S6/c1-3-47-17-7-5-15(63-68(58)22-25(55)51(13-31(39,40)41)70(61,62)52(26(22)56)14-32(42,43)44)9-19(17)65-27(47)45-46-28-48(4-2)18-8-6-16(10-20(18)66-28)67(57)64-21-23(53)49(11-29(33,34)35)69(59,60)50(24(21)54)12-30(36,37)38/h5-10,21-22H,3-4,11-14H2,1-2H3/b45-27+,46-28+. The van der Waals surface area contributed by atoms with Gasteiger partial charge >= 0.3 is 45.1 Å². The van der Waals surface area contributed by atoms with E-state index in [4.69, 9.17) is 8.37 Å². The van der Waals surface area contributed by atoms with E-state index in [1.807, 2.05) is 0 Å². The van der Waals surface area contributed by atoms with Crippen LogP contribution in [0.1, 0.15) is 13.8 Å². The number of amides is 4. The van der Waals surface area contributed by atoms with Gasteiger partial charge in [-0.05, 0) is 44.2 Å². The molecule has 2 aliphatic rings. The molecule has 0 bridgehead atoms. The van der Waals surface area contributed by atoms with Crippen molar-refractivity contribution in [3.8, 4) is 5.75 Å². The second kappa shape index (κ2) is 19.1. The Balaban J connectivity index is 1.29. The van der Waals surface area contributed by atoms with Crippen LogP contribution in [0, 0.1) is 0 Å². The first-order valence-corrected chi connectivity index (χ1v) is 25.3. The van der Waals surface area contributed by atoms with Gasteiger partial charge in [0.2, 0.25) is 32.0 Å². The number of benzene rings is 2. The zero-order valence-electron chi connectivity index (χ0n) is 34.3. The molecule has 0 saturated carbocycles. The van der Waals surface area contributed by atoms with Crippen LogP contribution in [0.5, 0.6) is 5.75 Å². The highest BCUT2D eigenvalue weighted by atomic mass is 32.2. The molecule has 70 heavy (non-hydrogen) atoms. The monoisotopic (exact) mass is 1130 g/mol. The van der Waals surface area contributed by atoms with E-state index in [1.54, 1.807) is 23.0 Å². The molecule has 6 rings (SSSR count). The predicted octanol–water partition coefficient (Wildman–Crippen LogP) is 3.07. The maximum absolute atomic E-state index is 13.3. The van der Waals surface area contributed by atoms with Crippen LogP contribution in [0.15, 0.2) is 51.5 Å². The van der Waals surface area contributed by atoms with Gasteiger partial charge in [-0.2, -0.15) is 69.5 Å². The molecule has 2 fully saturated rings. The number of thiazole rings is 2. The molecule has 0 radical (unpaired) electrons. The van der Waals surface area contributed by atoms with E-state index in [2.05, 4.69) is 10.2 Å². The van der Waals surface area contributed by atoms with Crippen LogP contribution in [0.4, 0.5) is 52.7 Å². The average Bonchev–Trinajstić information content (AvgIpc) is 3.77. The van der Waals surface area contributed by atoms with Crippen LogP contribution >= 0.6 is 22.7 Å². The number of carbonyl (C=O) groups excluding carboxylic acids is 4. The Kier molecular flexibility index (Phi) is 14.8. The molecule has 2 aromatic carbocycles. The van der Waals surface area contributed by atoms with Crippen molar-refractivity contribution in [2.75, 3.05) is 26.2 Å². The molecule has 2 saturated heterocycles. The fraction of sp³-hybridized carbons (Fsp3) is 0.438. The number of fused-ring (bicyclic) bond motifs is 2. The Bertz CT molecular complexity index is 3130. The molecule has 20 nitrogen and oxygen atoms in total. The molecule has 38 heteroatoms. The summed E-state index contributed by atoms with van der Waals surface area (Å²) in [6, 6.07) is 7.03. The largest absolute Gasteiger partial charge is 0.407 e. The van der Waals surface area contributed by atoms with E-state index < -0.39 is 156 Å². The van der Waals surface area contributed by atoms with Crippen LogP contribution in [-0.2, 0) is 79.0 Å². The van der Waals surface area contributed by atoms with Crippen LogP contribution in [0.3, 0.4) is 0 Å². The minimum atomic E-state index is -6.06. The van der Waals surface area contributed by atoms with E-state index in [9.17, 15) is 97.1 Å². The molecule has 386 valence electrons. The summed E-state index contributed by atoms with van der Waals surface area (Å²) in [4.78, 5) is 51.4. The molecule has 4 amide bonds. The zero-order valence-corrected chi connectivity index (χ0v) is 39.2. The first kappa shape index (κ1) is 54.2. The van der Waals surface area contributed by atoms with Gasteiger partial charge in [0.1, 0.15) is 31.9 Å². The van der Waals surface area contributed by atoms with Gasteiger partial charge in [-0.1, -0.05) is 22.7 Å². The topological polar surface area (TPSA) is 237 Å². The van der Waals surface area contributed by atoms with Crippen molar-refractivity contribution in [3.05, 3.63) is 46.0 Å². The molecule has 2 aliphatic heterocycles. The van der Waals surface area contributed by atoms with Crippen LogP contribution < -0.4 is 13.8 Å². The number of aryl methyl sites for hydroxylation is 2. The third-order valence-electron chi connectivity index (χ3n) is 9.19. The normalized spacial score (nSPS) is 19.3. The van der Waals surface area contributed by atoms with Crippen molar-refractivity contribution in [2.24, 2.45) is 10.2 Å². The van der Waals surface area contributed by atoms with Crippen molar-refractivity contribution in [1.29, 1.82) is 0 Å². The highest BCUT2D eigenvalue weighted by Crippen LogP contribution is 2.33. The number of alkyl halides is 12. The smallest absolute Gasteiger partial charge is 0.400 e. The summed E-state index contributed by atoms with van der Waals surface area (Å²) in [5, 5.41) is 5.52. The van der Waals surface area contributed by atoms with E-state index in [1.165, 1.54) is 12.1 Å². The highest BCUT2D eigenvalue weighted by Gasteiger charge is 2.59. The fourth-order valence-electron chi connectivity index (χ4n) is 6.36. The van der Waals surface area contributed by atoms with Crippen molar-refractivity contribution in [3.63, 3.8) is 0 Å². The van der Waals surface area contributed by atoms with Gasteiger partial charge in [0.15, 0.2) is 11.1 Å². The van der Waals surface area contributed by atoms with Gasteiger partial charge in [-0.15, -0.1) is 10.2 Å². The number of rotatable bonds is 13. The van der Waals surface area contributed by atoms with Gasteiger partial charge < -0.3 is 13.3 Å². The van der Waals surface area contributed by atoms with Gasteiger partial charge in [0.05, 0.1) is 25.3 Å². The number of carbonyl (C=O) groups is 4. The van der Waals surface area contributed by atoms with Crippen LogP contribution in [0.25, 0.3) is 20.4 Å². The zero-order chi connectivity index (χ0) is 52.4. The second-order valence-electron chi connectivity index (χ2n) is 14.0. The third-order valence-corrected chi connectivity index (χ3v) is 16.9. The average molecular weight is 1130 g/mol. The van der Waals surface area contributed by atoms with Gasteiger partial charge in [0, 0.05) is 19.2 Å². The Labute approximate surface area is 395 Å². The van der Waals surface area contributed by atoms with Gasteiger partial charge in [-0.25, -0.2) is 25.6 Å². The molecule has 2 aromatic heterocycles. The third kappa shape index (κ3) is 11.3. The fourth-order valence-corrected chi connectivity index (χ4v) is 13.6. The second-order valence-corrected chi connectivity index (χ2v) is 21.9. The highest BCUT2D eigenvalue weighted by molar-refractivity contribution is 7.89. The molecule has 0 aliphatic carbocycles. The van der Waals surface area contributed by atoms with Crippen molar-refractivity contribution >= 4 is 109 Å². The van der Waals surface area contributed by atoms with Gasteiger partial charge in [-0.3, -0.25) is 23.4 Å². The molecule has 2 unspecified atom stereocenters. The lowest BCUT2D eigenvalue weighted by Crippen LogP contribution is -2.66. The molecular formula is C32H26F12N8O12S6. The molecule has 4 aromatic rings. The van der Waals surface area contributed by atoms with E-state index in [0.717, 1.165) is 46.9 Å². The Hall–Kier alpha value is -5.18. The SMILES string of the molecule is CCn1/c(=N\N=c2\sc3cc(S(=O)OC4C(=O)N(CC(F)(F)F)S(=O)(=O)N(CC(F)(F)F)C4=O)ccc3n2CC)sc2cc(OS(=O)C3C(=O)N(CC(F)(F)F)S(=O)(=O)N(CC(F)(F)F)C3=O)ccc21. The minimum absolute atomic E-state index is 0.122. The van der Waals surface area contributed by atoms with Crippen molar-refractivity contribution < 1.29 is 105 Å². The van der Waals surface area contributed by atoms with Crippen LogP contribution in [-0.4, -0.2) is 137 Å². The summed E-state index contributed by atoms with van der Waals surface area (Å²) in [5.74, 6) is -9.57. The molecule has 4 heterocycles. The molecule has 0 N–H and O–H groups in total. The number of hydrogen-bond donors (Lipinski definition) is 0. The summed E-state index contributed by atoms with van der Waals surface area (Å²) in [6.07, 6.45) is -25.1. The Morgan fingerprint density at radius 3 is 1.34 bits per heavy atom. The number of hydrogen-bond acceptors (Lipinski definition) is 16. The van der Waals surface area contributed by atoms with E-state index in [-0.39, 0.29) is 32.1 Å². The summed E-state index contributed by atoms with van der Waals surface area (Å²) in [7, 11) is -12.1. The maximum atomic E-state index is 13.3. The van der Waals surface area contributed by atoms with Gasteiger partial charge in [0.25, 0.3) is 23.6 Å². The molecule has 2 atom stereocenters. The Morgan fingerprint density at radius 1 is 0.586 bits per heavy atom. The number of halogens is 12. The maximum Gasteiger partial charge on any atom is 0.407 e. The molecular weight excluding hydrogens is 1110 g/mol. The lowest BCUT2D eigenvalue weighted by molar-refractivity contribution is -0.170. The van der Waals surface area contributed by atoms with Crippen LogP contribution in [0.2, 0.25) is 0 Å². The first-order valence-electron chi connectivity index (χ1n) is 18.6. The summed E-state index contributed by atoms with van der Waals surface area (Å²) in [5.41, 5.74) is 0.724. The predicted molar refractivity (Wildman–Crippen MR) is 215 cm³/mol. The first-order chi connectivity index (χ1) is 32.1. The lowest BCUT2D eigenvalue weighted by atomic mass is 10.3. The van der Waals surface area contributed by atoms with Crippen molar-refractivity contribution in [1.82, 2.24) is 26.4 Å².